The topological polar surface area (TPSA) is 89.2 Å². The van der Waals surface area contributed by atoms with Crippen molar-refractivity contribution in [3.05, 3.63) is 67.5 Å². The summed E-state index contributed by atoms with van der Waals surface area (Å²) in [5.41, 5.74) is 0.586. The molecule has 0 saturated heterocycles. The summed E-state index contributed by atoms with van der Waals surface area (Å²) in [5.74, 6) is -0.257. The van der Waals surface area contributed by atoms with Crippen LogP contribution in [0.15, 0.2) is 46.1 Å². The van der Waals surface area contributed by atoms with Crippen LogP contribution in [0.3, 0.4) is 0 Å². The molecule has 0 fully saturated rings. The van der Waals surface area contributed by atoms with Gasteiger partial charge in [0, 0.05) is 22.8 Å². The highest BCUT2D eigenvalue weighted by atomic mass is 79.9. The predicted molar refractivity (Wildman–Crippen MR) is 129 cm³/mol. The number of nitrogens with zero attached hydrogens (tertiary/aromatic N) is 4. The SMILES string of the molecule is CC1(C)N=C(c2cc(Cl)cc(Cl)c2NC(=O)c2cc(Br)nn2-c2ncccc2Cl)CC1=O. The molecule has 2 aromatic heterocycles. The monoisotopic (exact) mass is 553 g/mol. The van der Waals surface area contributed by atoms with Crippen LogP contribution in [0.1, 0.15) is 36.3 Å². The van der Waals surface area contributed by atoms with Gasteiger partial charge in [-0.15, -0.1) is 0 Å². The van der Waals surface area contributed by atoms with Gasteiger partial charge >= 0.3 is 0 Å². The highest BCUT2D eigenvalue weighted by molar-refractivity contribution is 9.10. The first kappa shape index (κ1) is 22.9. The highest BCUT2D eigenvalue weighted by Crippen LogP contribution is 2.35. The molecule has 0 atom stereocenters. The largest absolute Gasteiger partial charge is 0.319 e. The summed E-state index contributed by atoms with van der Waals surface area (Å²) in [6, 6.07) is 7.98. The van der Waals surface area contributed by atoms with Crippen molar-refractivity contribution in [2.75, 3.05) is 5.32 Å². The molecule has 4 rings (SSSR count). The number of hydrogen-bond acceptors (Lipinski definition) is 5. The van der Waals surface area contributed by atoms with Crippen molar-refractivity contribution in [2.45, 2.75) is 25.8 Å². The zero-order chi connectivity index (χ0) is 23.2. The van der Waals surface area contributed by atoms with Crippen LogP contribution in [0.25, 0.3) is 5.82 Å². The number of halogens is 4. The molecular weight excluding hydrogens is 541 g/mol. The molecule has 1 N–H and O–H groups in total. The lowest BCUT2D eigenvalue weighted by Crippen LogP contribution is -2.23. The Hall–Kier alpha value is -2.26. The number of pyridine rings is 1. The van der Waals surface area contributed by atoms with E-state index in [0.717, 1.165) is 0 Å². The van der Waals surface area contributed by atoms with Crippen LogP contribution in [0.5, 0.6) is 0 Å². The molecule has 1 amide bonds. The minimum atomic E-state index is -0.857. The van der Waals surface area contributed by atoms with E-state index < -0.39 is 11.4 Å². The number of carbonyl (C=O) groups excluding carboxylic acids is 2. The molecule has 0 bridgehead atoms. The molecule has 11 heteroatoms. The molecule has 1 aliphatic rings. The molecule has 1 aliphatic heterocycles. The van der Waals surface area contributed by atoms with Crippen molar-refractivity contribution in [3.8, 4) is 5.82 Å². The van der Waals surface area contributed by atoms with Crippen molar-refractivity contribution < 1.29 is 9.59 Å². The van der Waals surface area contributed by atoms with Gasteiger partial charge in [0.1, 0.15) is 15.8 Å². The number of aliphatic imine (C=N–C) groups is 1. The summed E-state index contributed by atoms with van der Waals surface area (Å²) in [7, 11) is 0. The number of ketones is 1. The van der Waals surface area contributed by atoms with Gasteiger partial charge in [-0.05, 0) is 54.0 Å². The summed E-state index contributed by atoms with van der Waals surface area (Å²) in [5, 5.41) is 7.97. The average molecular weight is 556 g/mol. The molecule has 164 valence electrons. The first-order chi connectivity index (χ1) is 15.1. The fourth-order valence-corrected chi connectivity index (χ4v) is 4.40. The van der Waals surface area contributed by atoms with Gasteiger partial charge in [-0.25, -0.2) is 9.67 Å². The Morgan fingerprint density at radius 3 is 2.59 bits per heavy atom. The van der Waals surface area contributed by atoms with Crippen LogP contribution in [-0.4, -0.2) is 37.7 Å². The first-order valence-corrected chi connectivity index (χ1v) is 11.3. The third kappa shape index (κ3) is 4.32. The number of aromatic nitrogens is 3. The van der Waals surface area contributed by atoms with E-state index in [-0.39, 0.29) is 22.9 Å². The van der Waals surface area contributed by atoms with Crippen LogP contribution in [0.4, 0.5) is 5.69 Å². The van der Waals surface area contributed by atoms with Gasteiger partial charge in [0.05, 0.1) is 27.9 Å². The number of benzene rings is 1. The van der Waals surface area contributed by atoms with Crippen LogP contribution < -0.4 is 5.32 Å². The van der Waals surface area contributed by atoms with E-state index in [4.69, 9.17) is 34.8 Å². The predicted octanol–water partition coefficient (Wildman–Crippen LogP) is 5.78. The molecule has 0 radical (unpaired) electrons. The standard InChI is InChI=1S/C21H15BrCl3N5O2/c1-21(2)16(31)8-14(28-21)11-6-10(23)7-13(25)18(11)27-20(32)15-9-17(22)29-30(15)19-12(24)4-3-5-26-19/h3-7,9H,8H2,1-2H3,(H,27,32). The van der Waals surface area contributed by atoms with Crippen LogP contribution in [-0.2, 0) is 4.79 Å². The van der Waals surface area contributed by atoms with Crippen molar-refractivity contribution in [3.63, 3.8) is 0 Å². The second-order valence-corrected chi connectivity index (χ2v) is 9.62. The molecule has 0 saturated carbocycles. The number of anilines is 1. The summed E-state index contributed by atoms with van der Waals surface area (Å²) in [4.78, 5) is 34.3. The Kier molecular flexibility index (Phi) is 6.15. The number of nitrogens with one attached hydrogen (secondary N) is 1. The molecule has 0 aliphatic carbocycles. The van der Waals surface area contributed by atoms with Gasteiger partial charge < -0.3 is 5.32 Å². The first-order valence-electron chi connectivity index (χ1n) is 9.36. The zero-order valence-electron chi connectivity index (χ0n) is 16.8. The summed E-state index contributed by atoms with van der Waals surface area (Å²) < 4.78 is 1.74. The quantitative estimate of drug-likeness (QED) is 0.442. The zero-order valence-corrected chi connectivity index (χ0v) is 20.6. The van der Waals surface area contributed by atoms with Gasteiger partial charge in [0.15, 0.2) is 11.6 Å². The summed E-state index contributed by atoms with van der Waals surface area (Å²) >= 11 is 22.2. The normalized spacial score (nSPS) is 15.1. The highest BCUT2D eigenvalue weighted by Gasteiger charge is 2.36. The third-order valence-electron chi connectivity index (χ3n) is 4.88. The molecule has 3 heterocycles. The fourth-order valence-electron chi connectivity index (χ4n) is 3.28. The van der Waals surface area contributed by atoms with Gasteiger partial charge in [-0.3, -0.25) is 14.6 Å². The van der Waals surface area contributed by atoms with Crippen LogP contribution in [0, 0.1) is 0 Å². The Bertz CT molecular complexity index is 1300. The second kappa shape index (κ2) is 8.59. The Labute approximate surface area is 206 Å². The molecule has 3 aromatic rings. The summed E-state index contributed by atoms with van der Waals surface area (Å²) in [6.45, 7) is 3.47. The van der Waals surface area contributed by atoms with Crippen LogP contribution >= 0.6 is 50.7 Å². The molecule has 0 spiro atoms. The number of rotatable bonds is 4. The maximum Gasteiger partial charge on any atom is 0.274 e. The Morgan fingerprint density at radius 2 is 1.94 bits per heavy atom. The van der Waals surface area contributed by atoms with E-state index in [0.29, 0.717) is 37.4 Å². The smallest absolute Gasteiger partial charge is 0.274 e. The average Bonchev–Trinajstić information content (AvgIpc) is 3.23. The van der Waals surface area contributed by atoms with Gasteiger partial charge in [-0.2, -0.15) is 5.10 Å². The molecule has 0 unspecified atom stereocenters. The van der Waals surface area contributed by atoms with Crippen molar-refractivity contribution in [2.24, 2.45) is 4.99 Å². The number of carbonyl (C=O) groups is 2. The van der Waals surface area contributed by atoms with E-state index >= 15 is 0 Å². The fraction of sp³-hybridized carbons (Fsp3) is 0.190. The number of hydrogen-bond donors (Lipinski definition) is 1. The Balaban J connectivity index is 1.77. The van der Waals surface area contributed by atoms with Gasteiger partial charge in [-0.1, -0.05) is 34.8 Å². The minimum Gasteiger partial charge on any atom is -0.319 e. The van der Waals surface area contributed by atoms with Crippen molar-refractivity contribution in [1.29, 1.82) is 0 Å². The van der Waals surface area contributed by atoms with Crippen molar-refractivity contribution >= 4 is 73.8 Å². The lowest BCUT2D eigenvalue weighted by molar-refractivity contribution is -0.120. The number of Topliss-reactive ketones (excluding diaryl/α,β-unsaturated/α-hetero) is 1. The Morgan fingerprint density at radius 1 is 1.19 bits per heavy atom. The number of amides is 1. The summed E-state index contributed by atoms with van der Waals surface area (Å²) in [6.07, 6.45) is 1.66. The third-order valence-corrected chi connectivity index (χ3v) is 6.08. The van der Waals surface area contributed by atoms with E-state index in [1.54, 1.807) is 38.2 Å². The molecular formula is C21H15BrCl3N5O2. The van der Waals surface area contributed by atoms with Gasteiger partial charge in [0.25, 0.3) is 5.91 Å². The van der Waals surface area contributed by atoms with E-state index in [2.05, 4.69) is 36.3 Å². The van der Waals surface area contributed by atoms with Crippen molar-refractivity contribution in [1.82, 2.24) is 14.8 Å². The lowest BCUT2D eigenvalue weighted by Gasteiger charge is -2.15. The van der Waals surface area contributed by atoms with E-state index in [1.807, 2.05) is 0 Å². The van der Waals surface area contributed by atoms with E-state index in [9.17, 15) is 9.59 Å². The molecule has 7 nitrogen and oxygen atoms in total. The maximum atomic E-state index is 13.3. The second-order valence-electron chi connectivity index (χ2n) is 7.55. The molecule has 32 heavy (non-hydrogen) atoms. The van der Waals surface area contributed by atoms with Gasteiger partial charge in [0.2, 0.25) is 0 Å². The lowest BCUT2D eigenvalue weighted by atomic mass is 9.99. The molecule has 1 aromatic carbocycles. The van der Waals surface area contributed by atoms with E-state index in [1.165, 1.54) is 16.8 Å². The van der Waals surface area contributed by atoms with Crippen LogP contribution in [0.2, 0.25) is 15.1 Å². The minimum absolute atomic E-state index is 0.0346. The maximum absolute atomic E-state index is 13.3.